The van der Waals surface area contributed by atoms with E-state index in [0.29, 0.717) is 9.52 Å². The molecule has 1 aliphatic rings. The molecule has 0 aromatic heterocycles. The van der Waals surface area contributed by atoms with Gasteiger partial charge in [-0.05, 0) is 19.6 Å². The van der Waals surface area contributed by atoms with Gasteiger partial charge < -0.3 is 14.4 Å². The lowest BCUT2D eigenvalue weighted by molar-refractivity contribution is -0.187. The van der Waals surface area contributed by atoms with Crippen LogP contribution in [0, 0.1) is 0 Å². The van der Waals surface area contributed by atoms with Gasteiger partial charge in [0.15, 0.2) is 0 Å². The third-order valence-corrected chi connectivity index (χ3v) is 4.96. The first-order valence-corrected chi connectivity index (χ1v) is 12.9. The topological polar surface area (TPSA) is 79.2 Å². The van der Waals surface area contributed by atoms with E-state index in [1.165, 1.54) is 6.42 Å². The summed E-state index contributed by atoms with van der Waals surface area (Å²) in [6, 6.07) is 3.28. The molecule has 8 heteroatoms. The average molecular weight is 285 g/mol. The second-order valence-corrected chi connectivity index (χ2v) is 12.8. The van der Waals surface area contributed by atoms with Crippen molar-refractivity contribution in [2.24, 2.45) is 0 Å². The van der Waals surface area contributed by atoms with E-state index < -0.39 is 17.4 Å². The van der Waals surface area contributed by atoms with Crippen molar-refractivity contribution < 1.29 is 23.5 Å². The van der Waals surface area contributed by atoms with Gasteiger partial charge in [0.2, 0.25) is 8.32 Å². The second-order valence-electron chi connectivity index (χ2n) is 4.97. The second kappa shape index (κ2) is 7.71. The first-order chi connectivity index (χ1) is 7.21. The van der Waals surface area contributed by atoms with Gasteiger partial charge in [0.05, 0.1) is 0 Å². The first kappa shape index (κ1) is 16.5. The van der Waals surface area contributed by atoms with Crippen LogP contribution in [0.15, 0.2) is 0 Å². The van der Waals surface area contributed by atoms with Gasteiger partial charge in [-0.1, -0.05) is 31.4 Å². The van der Waals surface area contributed by atoms with E-state index in [0.717, 1.165) is 0 Å². The Hall–Kier alpha value is 0.451. The van der Waals surface area contributed by atoms with Crippen molar-refractivity contribution in [3.05, 3.63) is 0 Å². The Morgan fingerprint density at radius 2 is 1.38 bits per heavy atom. The fraction of sp³-hybridized carbons (Fsp3) is 1.00. The maximum absolute atomic E-state index is 8.31. The molecule has 1 saturated heterocycles. The van der Waals surface area contributed by atoms with Crippen LogP contribution in [0.5, 0.6) is 0 Å². The molecule has 0 aliphatic carbocycles. The zero-order valence-corrected chi connectivity index (χ0v) is 13.8. The summed E-state index contributed by atoms with van der Waals surface area (Å²) in [6.07, 6.45) is 4.66. The average Bonchev–Trinajstić information content (AvgIpc) is 2.17. The highest BCUT2D eigenvalue weighted by Gasteiger charge is 2.35. The first-order valence-electron chi connectivity index (χ1n) is 5.75. The molecule has 16 heavy (non-hydrogen) atoms. The molecule has 0 radical (unpaired) electrons. The minimum atomic E-state index is -4.45. The quantitative estimate of drug-likeness (QED) is 0.396. The molecule has 0 aromatic rings. The minimum Gasteiger partial charge on any atom is -0.366 e. The van der Waals surface area contributed by atoms with Crippen LogP contribution in [0.2, 0.25) is 31.7 Å². The summed E-state index contributed by atoms with van der Waals surface area (Å²) in [5.41, 5.74) is 0. The number of rotatable bonds is 3. The Bertz CT molecular complexity index is 148. The van der Waals surface area contributed by atoms with Gasteiger partial charge in [-0.3, -0.25) is 4.58 Å². The SMILES string of the molecule is C1CC[SiH2]CC1.C[Si](C)(C)OO[Si](O)(O)O. The Kier molecular flexibility index (Phi) is 7.93. The molecule has 1 fully saturated rings. The van der Waals surface area contributed by atoms with E-state index in [4.69, 9.17) is 14.4 Å². The van der Waals surface area contributed by atoms with Crippen molar-refractivity contribution in [2.45, 2.75) is 51.0 Å². The van der Waals surface area contributed by atoms with Crippen LogP contribution < -0.4 is 0 Å². The normalized spacial score (nSPS) is 17.6. The van der Waals surface area contributed by atoms with Crippen LogP contribution in [0.3, 0.4) is 0 Å². The van der Waals surface area contributed by atoms with Gasteiger partial charge in [0, 0.05) is 9.52 Å². The van der Waals surface area contributed by atoms with Crippen LogP contribution in [-0.4, -0.2) is 41.3 Å². The van der Waals surface area contributed by atoms with Crippen LogP contribution in [0.25, 0.3) is 0 Å². The van der Waals surface area contributed by atoms with Crippen molar-refractivity contribution in [1.82, 2.24) is 0 Å². The zero-order valence-electron chi connectivity index (χ0n) is 10.4. The fourth-order valence-electron chi connectivity index (χ4n) is 1.24. The van der Waals surface area contributed by atoms with Crippen molar-refractivity contribution in [1.29, 1.82) is 0 Å². The Balaban J connectivity index is 0.000000315. The molecule has 1 aliphatic heterocycles. The molecule has 1 heterocycles. The molecular weight excluding hydrogens is 260 g/mol. The summed E-state index contributed by atoms with van der Waals surface area (Å²) in [5.74, 6) is 0. The Morgan fingerprint density at radius 1 is 0.875 bits per heavy atom. The van der Waals surface area contributed by atoms with E-state index in [1.54, 1.807) is 44.6 Å². The largest absolute Gasteiger partial charge is 0.698 e. The molecule has 5 nitrogen and oxygen atoms in total. The molecule has 3 N–H and O–H groups in total. The lowest BCUT2D eigenvalue weighted by Crippen LogP contribution is -2.42. The Morgan fingerprint density at radius 3 is 1.50 bits per heavy atom. The fourth-order valence-corrected chi connectivity index (χ4v) is 4.46. The maximum Gasteiger partial charge on any atom is 0.698 e. The predicted molar refractivity (Wildman–Crippen MR) is 69.9 cm³/mol. The molecule has 0 bridgehead atoms. The highest BCUT2D eigenvalue weighted by molar-refractivity contribution is 6.69. The predicted octanol–water partition coefficient (Wildman–Crippen LogP) is 0.358. The van der Waals surface area contributed by atoms with Crippen LogP contribution in [0.4, 0.5) is 0 Å². The van der Waals surface area contributed by atoms with Crippen molar-refractivity contribution in [3.8, 4) is 0 Å². The van der Waals surface area contributed by atoms with Gasteiger partial charge in [0.25, 0.3) is 0 Å². The molecule has 0 saturated carbocycles. The maximum atomic E-state index is 8.31. The van der Waals surface area contributed by atoms with E-state index in [1.807, 2.05) is 0 Å². The third kappa shape index (κ3) is 14.5. The molecule has 0 aromatic carbocycles. The van der Waals surface area contributed by atoms with Crippen molar-refractivity contribution in [2.75, 3.05) is 0 Å². The number of hydrogen-bond acceptors (Lipinski definition) is 5. The van der Waals surface area contributed by atoms with Gasteiger partial charge in [-0.2, -0.15) is 0 Å². The number of hydrogen-bond donors (Lipinski definition) is 3. The summed E-state index contributed by atoms with van der Waals surface area (Å²) in [7, 11) is -5.88. The minimum absolute atomic E-state index is 0.508. The summed E-state index contributed by atoms with van der Waals surface area (Å²) in [6.45, 7) is 5.35. The summed E-state index contributed by atoms with van der Waals surface area (Å²) in [4.78, 5) is 24.9. The standard InChI is InChI=1S/C5H12Si.C3H12O5Si2/c1-2-4-6-5-3-1;1-9(2,3)7-8-10(4,5)6/h1-6H2;4-6H,1-3H3. The van der Waals surface area contributed by atoms with Gasteiger partial charge in [0.1, 0.15) is 0 Å². The molecular formula is C8H24O5Si3. The lowest BCUT2D eigenvalue weighted by Gasteiger charge is -2.17. The van der Waals surface area contributed by atoms with Gasteiger partial charge in [-0.15, -0.1) is 0 Å². The molecule has 0 amide bonds. The van der Waals surface area contributed by atoms with Gasteiger partial charge >= 0.3 is 9.05 Å². The molecule has 0 spiro atoms. The van der Waals surface area contributed by atoms with Crippen molar-refractivity contribution in [3.63, 3.8) is 0 Å². The van der Waals surface area contributed by atoms with E-state index >= 15 is 0 Å². The molecule has 98 valence electrons. The van der Waals surface area contributed by atoms with Crippen LogP contribution in [0.1, 0.15) is 19.3 Å². The zero-order chi connectivity index (χ0) is 12.7. The highest BCUT2D eigenvalue weighted by Crippen LogP contribution is 2.10. The monoisotopic (exact) mass is 284 g/mol. The van der Waals surface area contributed by atoms with E-state index in [2.05, 4.69) is 9.15 Å². The van der Waals surface area contributed by atoms with Crippen molar-refractivity contribution >= 4 is 26.9 Å². The lowest BCUT2D eigenvalue weighted by atomic mass is 10.3. The molecule has 1 rings (SSSR count). The summed E-state index contributed by atoms with van der Waals surface area (Å²) >= 11 is 0. The third-order valence-electron chi connectivity index (χ3n) is 1.90. The van der Waals surface area contributed by atoms with E-state index in [9.17, 15) is 0 Å². The molecule has 0 atom stereocenters. The smallest absolute Gasteiger partial charge is 0.366 e. The van der Waals surface area contributed by atoms with Gasteiger partial charge in [-0.25, -0.2) is 4.58 Å². The van der Waals surface area contributed by atoms with E-state index in [-0.39, 0.29) is 0 Å². The summed E-state index contributed by atoms with van der Waals surface area (Å²) in [5, 5.41) is 0. The Labute approximate surface area is 102 Å². The van der Waals surface area contributed by atoms with Crippen LogP contribution in [-0.2, 0) is 9.15 Å². The molecule has 0 unspecified atom stereocenters. The summed E-state index contributed by atoms with van der Waals surface area (Å²) < 4.78 is 8.51. The van der Waals surface area contributed by atoms with Crippen LogP contribution >= 0.6 is 0 Å². The highest BCUT2D eigenvalue weighted by atomic mass is 28.4.